The van der Waals surface area contributed by atoms with Crippen molar-refractivity contribution >= 4 is 33.3 Å². The van der Waals surface area contributed by atoms with Crippen LogP contribution in [0, 0.1) is 5.92 Å². The monoisotopic (exact) mass is 419 g/mol. The molecule has 0 radical (unpaired) electrons. The summed E-state index contributed by atoms with van der Waals surface area (Å²) in [6.45, 7) is 0.612. The van der Waals surface area contributed by atoms with Crippen molar-refractivity contribution in [2.45, 2.75) is 37.0 Å². The van der Waals surface area contributed by atoms with E-state index in [9.17, 15) is 13.2 Å². The second-order valence-corrected chi connectivity index (χ2v) is 9.71. The SMILES string of the molecule is O=C(Nc1ccc(Cl)cn1)[C@@H]1CCCN(S(=O)(=O)c2ccc3c(c2)CCC3)C1. The molecular formula is C20H22ClN3O3S. The Morgan fingerprint density at radius 1 is 1.14 bits per heavy atom. The number of aromatic nitrogens is 1. The predicted molar refractivity (Wildman–Crippen MR) is 108 cm³/mol. The Labute approximate surface area is 170 Å². The number of carbonyl (C=O) groups excluding carboxylic acids is 1. The molecule has 148 valence electrons. The molecule has 2 aliphatic rings. The first-order valence-corrected chi connectivity index (χ1v) is 11.3. The molecule has 1 aliphatic heterocycles. The molecule has 4 rings (SSSR count). The van der Waals surface area contributed by atoms with Crippen LogP contribution >= 0.6 is 11.6 Å². The fraction of sp³-hybridized carbons (Fsp3) is 0.400. The van der Waals surface area contributed by atoms with E-state index >= 15 is 0 Å². The maximum absolute atomic E-state index is 13.1. The van der Waals surface area contributed by atoms with Crippen LogP contribution in [0.2, 0.25) is 5.02 Å². The number of hydrogen-bond donors (Lipinski definition) is 1. The van der Waals surface area contributed by atoms with E-state index in [1.807, 2.05) is 6.07 Å². The molecule has 0 saturated carbocycles. The van der Waals surface area contributed by atoms with Gasteiger partial charge < -0.3 is 5.32 Å². The maximum atomic E-state index is 13.1. The van der Waals surface area contributed by atoms with Crippen molar-refractivity contribution in [3.8, 4) is 0 Å². The summed E-state index contributed by atoms with van der Waals surface area (Å²) in [7, 11) is -3.61. The van der Waals surface area contributed by atoms with Crippen molar-refractivity contribution in [3.63, 3.8) is 0 Å². The smallest absolute Gasteiger partial charge is 0.243 e. The highest BCUT2D eigenvalue weighted by molar-refractivity contribution is 7.89. The van der Waals surface area contributed by atoms with Crippen LogP contribution in [-0.4, -0.2) is 36.7 Å². The van der Waals surface area contributed by atoms with E-state index in [1.165, 1.54) is 16.1 Å². The highest BCUT2D eigenvalue weighted by Gasteiger charge is 2.34. The van der Waals surface area contributed by atoms with E-state index in [2.05, 4.69) is 10.3 Å². The zero-order valence-electron chi connectivity index (χ0n) is 15.4. The summed E-state index contributed by atoms with van der Waals surface area (Å²) in [5, 5.41) is 3.24. The lowest BCUT2D eigenvalue weighted by molar-refractivity contribution is -0.120. The molecule has 1 saturated heterocycles. The van der Waals surface area contributed by atoms with Gasteiger partial charge >= 0.3 is 0 Å². The van der Waals surface area contributed by atoms with Crippen LogP contribution in [0.1, 0.15) is 30.4 Å². The van der Waals surface area contributed by atoms with Gasteiger partial charge in [-0.15, -0.1) is 0 Å². The zero-order valence-corrected chi connectivity index (χ0v) is 17.0. The highest BCUT2D eigenvalue weighted by Crippen LogP contribution is 2.29. The van der Waals surface area contributed by atoms with E-state index in [1.54, 1.807) is 24.3 Å². The molecule has 8 heteroatoms. The van der Waals surface area contributed by atoms with Crippen molar-refractivity contribution in [3.05, 3.63) is 52.7 Å². The van der Waals surface area contributed by atoms with Gasteiger partial charge in [-0.2, -0.15) is 4.31 Å². The van der Waals surface area contributed by atoms with Crippen molar-refractivity contribution in [2.24, 2.45) is 5.92 Å². The molecule has 28 heavy (non-hydrogen) atoms. The third kappa shape index (κ3) is 3.92. The second-order valence-electron chi connectivity index (χ2n) is 7.34. The van der Waals surface area contributed by atoms with Crippen LogP contribution in [0.25, 0.3) is 0 Å². The first-order chi connectivity index (χ1) is 13.4. The lowest BCUT2D eigenvalue weighted by atomic mass is 9.99. The van der Waals surface area contributed by atoms with Crippen LogP contribution in [0.3, 0.4) is 0 Å². The molecule has 0 spiro atoms. The Kier molecular flexibility index (Phi) is 5.40. The third-order valence-corrected chi connectivity index (χ3v) is 7.53. The van der Waals surface area contributed by atoms with Crippen molar-refractivity contribution < 1.29 is 13.2 Å². The highest BCUT2D eigenvalue weighted by atomic mass is 35.5. The molecule has 1 amide bonds. The molecule has 0 bridgehead atoms. The summed E-state index contributed by atoms with van der Waals surface area (Å²) in [4.78, 5) is 17.0. The molecular weight excluding hydrogens is 398 g/mol. The van der Waals surface area contributed by atoms with E-state index in [4.69, 9.17) is 11.6 Å². The molecule has 6 nitrogen and oxygen atoms in total. The molecule has 1 fully saturated rings. The van der Waals surface area contributed by atoms with Crippen molar-refractivity contribution in [1.82, 2.24) is 9.29 Å². The number of nitrogens with one attached hydrogen (secondary N) is 1. The van der Waals surface area contributed by atoms with Gasteiger partial charge in [0.05, 0.1) is 15.8 Å². The second kappa shape index (κ2) is 7.81. The quantitative estimate of drug-likeness (QED) is 0.824. The number of carbonyl (C=O) groups is 1. The van der Waals surface area contributed by atoms with E-state index in [0.717, 1.165) is 24.8 Å². The predicted octanol–water partition coefficient (Wildman–Crippen LogP) is 3.26. The van der Waals surface area contributed by atoms with Crippen LogP contribution in [0.5, 0.6) is 0 Å². The van der Waals surface area contributed by atoms with Crippen LogP contribution < -0.4 is 5.32 Å². The number of aryl methyl sites for hydroxylation is 2. The normalized spacial score (nSPS) is 20.0. The standard InChI is InChI=1S/C20H22ClN3O3S/c21-17-7-9-19(22-12-17)23-20(25)16-5-2-10-24(13-16)28(26,27)18-8-6-14-3-1-4-15(14)11-18/h6-9,11-12,16H,1-5,10,13H2,(H,22,23,25)/t16-/m1/s1. The number of amides is 1. The number of sulfonamides is 1. The van der Waals surface area contributed by atoms with Gasteiger partial charge in [-0.1, -0.05) is 17.7 Å². The van der Waals surface area contributed by atoms with Gasteiger partial charge in [0.15, 0.2) is 0 Å². The number of nitrogens with zero attached hydrogens (tertiary/aromatic N) is 2. The Morgan fingerprint density at radius 2 is 1.96 bits per heavy atom. The van der Waals surface area contributed by atoms with Crippen LogP contribution in [0.15, 0.2) is 41.4 Å². The molecule has 1 N–H and O–H groups in total. The summed E-state index contributed by atoms with van der Waals surface area (Å²) < 4.78 is 27.7. The number of piperidine rings is 1. The number of benzene rings is 1. The molecule has 0 unspecified atom stereocenters. The Hall–Kier alpha value is -1.96. The van der Waals surface area contributed by atoms with E-state index < -0.39 is 15.9 Å². The minimum Gasteiger partial charge on any atom is -0.310 e. The molecule has 1 atom stereocenters. The number of rotatable bonds is 4. The first kappa shape index (κ1) is 19.4. The zero-order chi connectivity index (χ0) is 19.7. The summed E-state index contributed by atoms with van der Waals surface area (Å²) >= 11 is 5.81. The average molecular weight is 420 g/mol. The van der Waals surface area contributed by atoms with Gasteiger partial charge in [0, 0.05) is 19.3 Å². The summed E-state index contributed by atoms with van der Waals surface area (Å²) in [5.41, 5.74) is 2.37. The van der Waals surface area contributed by atoms with E-state index in [0.29, 0.717) is 35.1 Å². The van der Waals surface area contributed by atoms with Gasteiger partial charge in [-0.3, -0.25) is 4.79 Å². The Balaban J connectivity index is 1.48. The fourth-order valence-corrected chi connectivity index (χ4v) is 5.60. The summed E-state index contributed by atoms with van der Waals surface area (Å²) in [5.74, 6) is -0.216. The maximum Gasteiger partial charge on any atom is 0.243 e. The summed E-state index contributed by atoms with van der Waals surface area (Å²) in [6.07, 6.45) is 5.77. The number of fused-ring (bicyclic) bond motifs is 1. The fourth-order valence-electron chi connectivity index (χ4n) is 3.91. The number of anilines is 1. The summed E-state index contributed by atoms with van der Waals surface area (Å²) in [6, 6.07) is 8.70. The Bertz CT molecular complexity index is 992. The lowest BCUT2D eigenvalue weighted by Gasteiger charge is -2.31. The molecule has 2 heterocycles. The van der Waals surface area contributed by atoms with Gasteiger partial charge in [0.25, 0.3) is 0 Å². The Morgan fingerprint density at radius 3 is 2.75 bits per heavy atom. The molecule has 1 aromatic carbocycles. The van der Waals surface area contributed by atoms with Crippen LogP contribution in [0.4, 0.5) is 5.82 Å². The average Bonchev–Trinajstić information content (AvgIpc) is 3.17. The topological polar surface area (TPSA) is 79.4 Å². The minimum atomic E-state index is -3.61. The van der Waals surface area contributed by atoms with Crippen molar-refractivity contribution in [2.75, 3.05) is 18.4 Å². The van der Waals surface area contributed by atoms with Gasteiger partial charge in [-0.05, 0) is 67.5 Å². The number of halogens is 1. The minimum absolute atomic E-state index is 0.179. The van der Waals surface area contributed by atoms with Gasteiger partial charge in [0.1, 0.15) is 5.82 Å². The van der Waals surface area contributed by atoms with Gasteiger partial charge in [-0.25, -0.2) is 13.4 Å². The molecule has 2 aromatic rings. The molecule has 1 aliphatic carbocycles. The van der Waals surface area contributed by atoms with E-state index in [-0.39, 0.29) is 12.5 Å². The first-order valence-electron chi connectivity index (χ1n) is 9.48. The molecule has 1 aromatic heterocycles. The third-order valence-electron chi connectivity index (χ3n) is 5.44. The number of pyridine rings is 1. The number of hydrogen-bond acceptors (Lipinski definition) is 4. The largest absolute Gasteiger partial charge is 0.310 e. The van der Waals surface area contributed by atoms with Gasteiger partial charge in [0.2, 0.25) is 15.9 Å². The van der Waals surface area contributed by atoms with Crippen molar-refractivity contribution in [1.29, 1.82) is 0 Å². The lowest BCUT2D eigenvalue weighted by Crippen LogP contribution is -2.43. The van der Waals surface area contributed by atoms with Crippen LogP contribution in [-0.2, 0) is 27.7 Å².